The maximum Gasteiger partial charge on any atom is 0.258 e. The molecule has 5 heteroatoms. The zero-order valence-electron chi connectivity index (χ0n) is 11.1. The molecule has 2 rings (SSSR count). The van der Waals surface area contributed by atoms with Gasteiger partial charge in [-0.3, -0.25) is 4.79 Å². The van der Waals surface area contributed by atoms with Crippen molar-refractivity contribution in [3.63, 3.8) is 0 Å². The molecule has 5 nitrogen and oxygen atoms in total. The first kappa shape index (κ1) is 13.7. The molecular weight excluding hydrogens is 256 g/mol. The maximum absolute atomic E-state index is 11.6. The number of hydrogen-bond donors (Lipinski definition) is 1. The fourth-order valence-electron chi connectivity index (χ4n) is 1.65. The van der Waals surface area contributed by atoms with E-state index in [1.54, 1.807) is 30.3 Å². The number of carbonyl (C=O) groups excluding carboxylic acids is 1. The minimum Gasteiger partial charge on any atom is -0.482 e. The molecule has 1 aromatic heterocycles. The van der Waals surface area contributed by atoms with Gasteiger partial charge >= 0.3 is 0 Å². The van der Waals surface area contributed by atoms with Gasteiger partial charge in [0.1, 0.15) is 23.3 Å². The van der Waals surface area contributed by atoms with Gasteiger partial charge in [0.15, 0.2) is 6.61 Å². The first-order valence-electron chi connectivity index (χ1n) is 6.13. The van der Waals surface area contributed by atoms with Crippen molar-refractivity contribution >= 4 is 5.91 Å². The summed E-state index contributed by atoms with van der Waals surface area (Å²) in [4.78, 5) is 11.6. The van der Waals surface area contributed by atoms with Gasteiger partial charge < -0.3 is 14.5 Å². The van der Waals surface area contributed by atoms with Gasteiger partial charge in [-0.25, -0.2) is 0 Å². The van der Waals surface area contributed by atoms with Crippen LogP contribution in [0.1, 0.15) is 17.1 Å². The van der Waals surface area contributed by atoms with E-state index in [1.807, 2.05) is 19.1 Å². The van der Waals surface area contributed by atoms with Crippen molar-refractivity contribution in [1.82, 2.24) is 5.32 Å². The van der Waals surface area contributed by atoms with Crippen LogP contribution in [0.3, 0.4) is 0 Å². The van der Waals surface area contributed by atoms with Gasteiger partial charge in [0, 0.05) is 0 Å². The zero-order chi connectivity index (χ0) is 14.4. The molecule has 0 bridgehead atoms. The summed E-state index contributed by atoms with van der Waals surface area (Å²) in [5, 5.41) is 11.6. The number of aryl methyl sites for hydroxylation is 1. The van der Waals surface area contributed by atoms with E-state index in [-0.39, 0.29) is 12.5 Å². The number of amides is 1. The topological polar surface area (TPSA) is 75.3 Å². The average molecular weight is 270 g/mol. The molecule has 0 aliphatic carbocycles. The molecule has 0 radical (unpaired) electrons. The summed E-state index contributed by atoms with van der Waals surface area (Å²) < 4.78 is 10.7. The van der Waals surface area contributed by atoms with Gasteiger partial charge in [0.05, 0.1) is 12.1 Å². The van der Waals surface area contributed by atoms with Crippen LogP contribution < -0.4 is 10.1 Å². The van der Waals surface area contributed by atoms with Crippen LogP contribution in [0.15, 0.2) is 40.8 Å². The van der Waals surface area contributed by atoms with Crippen molar-refractivity contribution < 1.29 is 13.9 Å². The smallest absolute Gasteiger partial charge is 0.258 e. The lowest BCUT2D eigenvalue weighted by atomic mass is 10.2. The number of carbonyl (C=O) groups is 1. The van der Waals surface area contributed by atoms with Gasteiger partial charge in [0.2, 0.25) is 0 Å². The number of nitriles is 1. The molecule has 0 fully saturated rings. The zero-order valence-corrected chi connectivity index (χ0v) is 11.1. The van der Waals surface area contributed by atoms with Gasteiger partial charge in [-0.05, 0) is 31.2 Å². The second-order valence-electron chi connectivity index (χ2n) is 4.19. The van der Waals surface area contributed by atoms with Gasteiger partial charge in [-0.1, -0.05) is 12.1 Å². The molecule has 0 aliphatic heterocycles. The highest BCUT2D eigenvalue weighted by molar-refractivity contribution is 5.77. The van der Waals surface area contributed by atoms with E-state index in [0.29, 0.717) is 23.6 Å². The standard InChI is InChI=1S/C15H14N2O3/c1-11-6-7-13(20-11)9-17-15(18)10-19-14-5-3-2-4-12(14)8-16/h2-7H,9-10H2,1H3,(H,17,18). The van der Waals surface area contributed by atoms with Gasteiger partial charge in [-0.15, -0.1) is 0 Å². The molecule has 0 unspecified atom stereocenters. The lowest BCUT2D eigenvalue weighted by molar-refractivity contribution is -0.123. The largest absolute Gasteiger partial charge is 0.482 e. The Bertz CT molecular complexity index is 641. The third-order valence-corrected chi connectivity index (χ3v) is 2.62. The maximum atomic E-state index is 11.6. The Hall–Kier alpha value is -2.74. The molecule has 1 N–H and O–H groups in total. The van der Waals surface area contributed by atoms with E-state index in [9.17, 15) is 4.79 Å². The number of benzene rings is 1. The summed E-state index contributed by atoms with van der Waals surface area (Å²) >= 11 is 0. The molecular formula is C15H14N2O3. The molecule has 102 valence electrons. The van der Waals surface area contributed by atoms with E-state index in [4.69, 9.17) is 14.4 Å². The minimum absolute atomic E-state index is 0.140. The Balaban J connectivity index is 1.82. The molecule has 0 atom stereocenters. The Kier molecular flexibility index (Phi) is 4.40. The molecule has 1 heterocycles. The fraction of sp³-hybridized carbons (Fsp3) is 0.200. The highest BCUT2D eigenvalue weighted by Gasteiger charge is 2.07. The number of nitrogens with zero attached hydrogens (tertiary/aromatic N) is 1. The van der Waals surface area contributed by atoms with E-state index >= 15 is 0 Å². The number of nitrogens with one attached hydrogen (secondary N) is 1. The quantitative estimate of drug-likeness (QED) is 0.903. The molecule has 0 aliphatic rings. The predicted octanol–water partition coefficient (Wildman–Crippen LogP) is 2.15. The predicted molar refractivity (Wildman–Crippen MR) is 71.9 cm³/mol. The molecule has 0 spiro atoms. The summed E-state index contributed by atoms with van der Waals surface area (Å²) in [5.74, 6) is 1.62. The van der Waals surface area contributed by atoms with Crippen molar-refractivity contribution in [2.75, 3.05) is 6.61 Å². The van der Waals surface area contributed by atoms with E-state index in [0.717, 1.165) is 5.76 Å². The Labute approximate surface area is 116 Å². The average Bonchev–Trinajstić information content (AvgIpc) is 2.89. The molecule has 0 saturated heterocycles. The van der Waals surface area contributed by atoms with Crippen LogP contribution in [0.5, 0.6) is 5.75 Å². The lowest BCUT2D eigenvalue weighted by Crippen LogP contribution is -2.28. The molecule has 0 saturated carbocycles. The van der Waals surface area contributed by atoms with Crippen LogP contribution in [0.4, 0.5) is 0 Å². The van der Waals surface area contributed by atoms with E-state index in [2.05, 4.69) is 5.32 Å². The number of rotatable bonds is 5. The van der Waals surface area contributed by atoms with Crippen molar-refractivity contribution in [3.8, 4) is 11.8 Å². The van der Waals surface area contributed by atoms with E-state index < -0.39 is 0 Å². The third-order valence-electron chi connectivity index (χ3n) is 2.62. The number of ether oxygens (including phenoxy) is 1. The highest BCUT2D eigenvalue weighted by atomic mass is 16.5. The summed E-state index contributed by atoms with van der Waals surface area (Å²) in [6.07, 6.45) is 0. The number of furan rings is 1. The highest BCUT2D eigenvalue weighted by Crippen LogP contribution is 2.16. The summed E-state index contributed by atoms with van der Waals surface area (Å²) in [6.45, 7) is 2.02. The summed E-state index contributed by atoms with van der Waals surface area (Å²) in [6, 6.07) is 12.4. The van der Waals surface area contributed by atoms with Crippen LogP contribution in [0, 0.1) is 18.3 Å². The molecule has 1 aromatic carbocycles. The van der Waals surface area contributed by atoms with Crippen LogP contribution in [-0.4, -0.2) is 12.5 Å². The molecule has 20 heavy (non-hydrogen) atoms. The van der Waals surface area contributed by atoms with Crippen LogP contribution in [0.2, 0.25) is 0 Å². The van der Waals surface area contributed by atoms with E-state index in [1.165, 1.54) is 0 Å². The van der Waals surface area contributed by atoms with Crippen molar-refractivity contribution in [3.05, 3.63) is 53.5 Å². The number of hydrogen-bond acceptors (Lipinski definition) is 4. The van der Waals surface area contributed by atoms with Crippen molar-refractivity contribution in [2.24, 2.45) is 0 Å². The molecule has 2 aromatic rings. The normalized spacial score (nSPS) is 9.80. The van der Waals surface area contributed by atoms with Crippen LogP contribution in [-0.2, 0) is 11.3 Å². The fourth-order valence-corrected chi connectivity index (χ4v) is 1.65. The van der Waals surface area contributed by atoms with Gasteiger partial charge in [0.25, 0.3) is 5.91 Å². The second kappa shape index (κ2) is 6.43. The minimum atomic E-state index is -0.271. The molecule has 1 amide bonds. The van der Waals surface area contributed by atoms with Crippen molar-refractivity contribution in [2.45, 2.75) is 13.5 Å². The monoisotopic (exact) mass is 270 g/mol. The Morgan fingerprint density at radius 1 is 1.35 bits per heavy atom. The number of para-hydroxylation sites is 1. The summed E-state index contributed by atoms with van der Waals surface area (Å²) in [7, 11) is 0. The Morgan fingerprint density at radius 3 is 2.85 bits per heavy atom. The Morgan fingerprint density at radius 2 is 2.15 bits per heavy atom. The first-order valence-corrected chi connectivity index (χ1v) is 6.13. The third kappa shape index (κ3) is 3.62. The second-order valence-corrected chi connectivity index (χ2v) is 4.19. The summed E-state index contributed by atoms with van der Waals surface area (Å²) in [5.41, 5.74) is 0.405. The van der Waals surface area contributed by atoms with Gasteiger partial charge in [-0.2, -0.15) is 5.26 Å². The first-order chi connectivity index (χ1) is 9.69. The van der Waals surface area contributed by atoms with Crippen LogP contribution >= 0.6 is 0 Å². The SMILES string of the molecule is Cc1ccc(CNC(=O)COc2ccccc2C#N)o1. The lowest BCUT2D eigenvalue weighted by Gasteiger charge is -2.07. The van der Waals surface area contributed by atoms with Crippen LogP contribution in [0.25, 0.3) is 0 Å². The van der Waals surface area contributed by atoms with Crippen molar-refractivity contribution in [1.29, 1.82) is 5.26 Å².